The summed E-state index contributed by atoms with van der Waals surface area (Å²) in [6, 6.07) is 0.767. The Morgan fingerprint density at radius 1 is 1.07 bits per heavy atom. The van der Waals surface area contributed by atoms with Crippen LogP contribution in [0.1, 0.15) is 57.8 Å². The van der Waals surface area contributed by atoms with Gasteiger partial charge in [0.2, 0.25) is 5.91 Å². The van der Waals surface area contributed by atoms with Crippen molar-refractivity contribution in [1.82, 2.24) is 16.0 Å². The van der Waals surface area contributed by atoms with Crippen molar-refractivity contribution in [2.75, 3.05) is 40.0 Å². The normalized spacial score (nSPS) is 25.8. The molecule has 2 aliphatic carbocycles. The van der Waals surface area contributed by atoms with E-state index in [4.69, 9.17) is 9.47 Å². The van der Waals surface area contributed by atoms with Crippen LogP contribution in [0.3, 0.4) is 0 Å². The first kappa shape index (κ1) is 24.7. The highest BCUT2D eigenvalue weighted by Gasteiger charge is 2.31. The van der Waals surface area contributed by atoms with E-state index < -0.39 is 0 Å². The second kappa shape index (κ2) is 13.6. The molecule has 2 unspecified atom stereocenters. The van der Waals surface area contributed by atoms with Crippen LogP contribution in [-0.2, 0) is 14.3 Å². The molecule has 3 N–H and O–H groups in total. The maximum atomic E-state index is 12.3. The van der Waals surface area contributed by atoms with E-state index >= 15 is 0 Å². The first-order valence-corrected chi connectivity index (χ1v) is 11.2. The fourth-order valence-corrected chi connectivity index (χ4v) is 4.04. The minimum atomic E-state index is 0. The third-order valence-corrected chi connectivity index (χ3v) is 5.99. The summed E-state index contributed by atoms with van der Waals surface area (Å²) in [5, 5.41) is 10.0. The molecule has 7 nitrogen and oxygen atoms in total. The summed E-state index contributed by atoms with van der Waals surface area (Å²) in [6.45, 7) is 4.21. The predicted molar refractivity (Wildman–Crippen MR) is 126 cm³/mol. The van der Waals surface area contributed by atoms with Gasteiger partial charge in [-0.25, -0.2) is 0 Å². The summed E-state index contributed by atoms with van der Waals surface area (Å²) in [4.78, 5) is 16.7. The number of aliphatic imine (C=N–C) groups is 1. The third kappa shape index (κ3) is 9.38. The van der Waals surface area contributed by atoms with Crippen molar-refractivity contribution in [2.24, 2.45) is 16.8 Å². The van der Waals surface area contributed by atoms with E-state index in [-0.39, 0.29) is 35.8 Å². The van der Waals surface area contributed by atoms with Gasteiger partial charge in [-0.1, -0.05) is 6.42 Å². The maximum absolute atomic E-state index is 12.3. The highest BCUT2D eigenvalue weighted by atomic mass is 127. The number of carbonyl (C=O) groups excluding carboxylic acids is 1. The van der Waals surface area contributed by atoms with Gasteiger partial charge in [-0.15, -0.1) is 24.0 Å². The molecule has 8 heteroatoms. The zero-order valence-corrected chi connectivity index (χ0v) is 20.1. The number of nitrogens with one attached hydrogen (secondary N) is 3. The van der Waals surface area contributed by atoms with E-state index in [0.717, 1.165) is 96.7 Å². The topological polar surface area (TPSA) is 84.0 Å². The van der Waals surface area contributed by atoms with Gasteiger partial charge in [0.1, 0.15) is 0 Å². The summed E-state index contributed by atoms with van der Waals surface area (Å²) in [7, 11) is 1.80. The first-order chi connectivity index (χ1) is 13.7. The molecule has 3 fully saturated rings. The minimum Gasteiger partial charge on any atom is -0.381 e. The van der Waals surface area contributed by atoms with Gasteiger partial charge >= 0.3 is 0 Å². The van der Waals surface area contributed by atoms with Crippen molar-refractivity contribution < 1.29 is 14.3 Å². The average molecular weight is 522 g/mol. The first-order valence-electron chi connectivity index (χ1n) is 11.2. The smallest absolute Gasteiger partial charge is 0.223 e. The monoisotopic (exact) mass is 522 g/mol. The van der Waals surface area contributed by atoms with Crippen molar-refractivity contribution in [1.29, 1.82) is 0 Å². The Morgan fingerprint density at radius 2 is 1.86 bits per heavy atom. The molecule has 0 spiro atoms. The van der Waals surface area contributed by atoms with Gasteiger partial charge in [-0.3, -0.25) is 9.79 Å². The molecule has 0 bridgehead atoms. The van der Waals surface area contributed by atoms with Crippen LogP contribution in [0.25, 0.3) is 0 Å². The van der Waals surface area contributed by atoms with Gasteiger partial charge in [-0.05, 0) is 57.3 Å². The molecule has 29 heavy (non-hydrogen) atoms. The standard InChI is InChI=1S/C21H38N4O3.HI/c1-22-21(23-10-3-11-28-15-16-8-12-27-13-9-16)25-19-5-2-4-17(14-19)20(26)24-18-6-7-18;/h16-19H,2-15H2,1H3,(H,24,26)(H2,22,23,25);1H. The lowest BCUT2D eigenvalue weighted by Gasteiger charge is -2.30. The molecule has 2 atom stereocenters. The van der Waals surface area contributed by atoms with Crippen LogP contribution in [-0.4, -0.2) is 64.0 Å². The maximum Gasteiger partial charge on any atom is 0.223 e. The van der Waals surface area contributed by atoms with Crippen LogP contribution in [0.4, 0.5) is 0 Å². The zero-order valence-electron chi connectivity index (χ0n) is 17.8. The lowest BCUT2D eigenvalue weighted by Crippen LogP contribution is -2.47. The summed E-state index contributed by atoms with van der Waals surface area (Å²) in [6.07, 6.45) is 9.60. The van der Waals surface area contributed by atoms with E-state index in [9.17, 15) is 4.79 Å². The van der Waals surface area contributed by atoms with Crippen molar-refractivity contribution >= 4 is 35.8 Å². The van der Waals surface area contributed by atoms with Crippen LogP contribution in [0.2, 0.25) is 0 Å². The van der Waals surface area contributed by atoms with Crippen LogP contribution in [0.5, 0.6) is 0 Å². The predicted octanol–water partition coefficient (Wildman–Crippen LogP) is 2.44. The molecular formula is C21H39IN4O3. The Hall–Kier alpha value is -0.610. The van der Waals surface area contributed by atoms with Gasteiger partial charge in [0.05, 0.1) is 0 Å². The molecule has 1 saturated heterocycles. The number of ether oxygens (including phenoxy) is 2. The van der Waals surface area contributed by atoms with E-state index in [1.165, 1.54) is 0 Å². The van der Waals surface area contributed by atoms with E-state index in [1.807, 2.05) is 0 Å². The van der Waals surface area contributed by atoms with Crippen LogP contribution >= 0.6 is 24.0 Å². The molecular weight excluding hydrogens is 483 g/mol. The second-order valence-corrected chi connectivity index (χ2v) is 8.47. The number of amides is 1. The zero-order chi connectivity index (χ0) is 19.6. The van der Waals surface area contributed by atoms with Crippen molar-refractivity contribution in [3.05, 3.63) is 0 Å². The fourth-order valence-electron chi connectivity index (χ4n) is 4.04. The lowest BCUT2D eigenvalue weighted by atomic mass is 9.85. The van der Waals surface area contributed by atoms with Crippen molar-refractivity contribution in [3.63, 3.8) is 0 Å². The molecule has 1 amide bonds. The summed E-state index contributed by atoms with van der Waals surface area (Å²) in [5.41, 5.74) is 0. The van der Waals surface area contributed by atoms with E-state index in [0.29, 0.717) is 18.0 Å². The molecule has 0 aromatic heterocycles. The number of guanidine groups is 1. The number of hydrogen-bond acceptors (Lipinski definition) is 4. The van der Waals surface area contributed by atoms with Gasteiger partial charge in [-0.2, -0.15) is 0 Å². The Balaban J connectivity index is 0.00000300. The van der Waals surface area contributed by atoms with Gasteiger partial charge in [0.15, 0.2) is 5.96 Å². The summed E-state index contributed by atoms with van der Waals surface area (Å²) < 4.78 is 11.2. The highest BCUT2D eigenvalue weighted by Crippen LogP contribution is 2.26. The Bertz CT molecular complexity index is 510. The molecule has 1 aliphatic heterocycles. The number of nitrogens with zero attached hydrogens (tertiary/aromatic N) is 1. The Labute approximate surface area is 192 Å². The Kier molecular flexibility index (Phi) is 11.6. The van der Waals surface area contributed by atoms with Crippen molar-refractivity contribution in [3.8, 4) is 0 Å². The number of rotatable bonds is 9. The van der Waals surface area contributed by atoms with E-state index in [1.54, 1.807) is 7.05 Å². The van der Waals surface area contributed by atoms with Gasteiger partial charge in [0, 0.05) is 58.0 Å². The molecule has 3 aliphatic rings. The molecule has 3 rings (SSSR count). The molecule has 168 valence electrons. The molecule has 2 saturated carbocycles. The van der Waals surface area contributed by atoms with E-state index in [2.05, 4.69) is 20.9 Å². The SMILES string of the molecule is CN=C(NCCCOCC1CCOCC1)NC1CCCC(C(=O)NC2CC2)C1.I. The van der Waals surface area contributed by atoms with Gasteiger partial charge < -0.3 is 25.4 Å². The Morgan fingerprint density at radius 3 is 2.59 bits per heavy atom. The molecule has 0 aromatic carbocycles. The molecule has 0 aromatic rings. The van der Waals surface area contributed by atoms with Crippen LogP contribution in [0.15, 0.2) is 4.99 Å². The second-order valence-electron chi connectivity index (χ2n) is 8.47. The number of halogens is 1. The summed E-state index contributed by atoms with van der Waals surface area (Å²) >= 11 is 0. The van der Waals surface area contributed by atoms with Gasteiger partial charge in [0.25, 0.3) is 0 Å². The highest BCUT2D eigenvalue weighted by molar-refractivity contribution is 14.0. The molecule has 1 heterocycles. The minimum absolute atomic E-state index is 0. The largest absolute Gasteiger partial charge is 0.381 e. The summed E-state index contributed by atoms with van der Waals surface area (Å²) in [5.74, 6) is 1.88. The lowest BCUT2D eigenvalue weighted by molar-refractivity contribution is -0.126. The third-order valence-electron chi connectivity index (χ3n) is 5.99. The van der Waals surface area contributed by atoms with Crippen molar-refractivity contribution in [2.45, 2.75) is 69.9 Å². The van der Waals surface area contributed by atoms with Crippen LogP contribution in [0, 0.1) is 11.8 Å². The van der Waals surface area contributed by atoms with Crippen LogP contribution < -0.4 is 16.0 Å². The molecule has 0 radical (unpaired) electrons. The number of carbonyl (C=O) groups is 1. The number of hydrogen-bond donors (Lipinski definition) is 3. The fraction of sp³-hybridized carbons (Fsp3) is 0.905. The average Bonchev–Trinajstić information content (AvgIpc) is 3.54. The quantitative estimate of drug-likeness (QED) is 0.188.